The van der Waals surface area contributed by atoms with Gasteiger partial charge in [0.05, 0.1) is 5.57 Å². The fourth-order valence-electron chi connectivity index (χ4n) is 0.429. The summed E-state index contributed by atoms with van der Waals surface area (Å²) >= 11 is 0. The zero-order chi connectivity index (χ0) is 8.69. The van der Waals surface area contributed by atoms with Gasteiger partial charge in [-0.25, -0.2) is 0 Å². The minimum Gasteiger partial charge on any atom is -0.359 e. The lowest BCUT2D eigenvalue weighted by Crippen LogP contribution is -1.84. The molecule has 0 aliphatic rings. The van der Waals surface area contributed by atoms with Gasteiger partial charge in [-0.3, -0.25) is 0 Å². The lowest BCUT2D eigenvalue weighted by Gasteiger charge is -1.86. The highest BCUT2D eigenvalue weighted by Gasteiger charge is 1.93. The van der Waals surface area contributed by atoms with E-state index in [-0.39, 0.29) is 11.1 Å². The summed E-state index contributed by atoms with van der Waals surface area (Å²) in [7, 11) is 0. The van der Waals surface area contributed by atoms with Crippen molar-refractivity contribution in [2.24, 2.45) is 5.73 Å². The van der Waals surface area contributed by atoms with Crippen LogP contribution in [0.3, 0.4) is 0 Å². The number of terminal acetylenes is 3. The van der Waals surface area contributed by atoms with Gasteiger partial charge in [-0.15, -0.1) is 19.3 Å². The molecular formula is C10H5N. The Hall–Kier alpha value is -2.22. The molecule has 0 aliphatic carbocycles. The largest absolute Gasteiger partial charge is 0.359 e. The summed E-state index contributed by atoms with van der Waals surface area (Å²) in [6.45, 7) is 0. The molecule has 0 aromatic heterocycles. The predicted molar refractivity (Wildman–Crippen MR) is 45.5 cm³/mol. The molecule has 2 N–H and O–H groups in total. The standard InChI is InChI=1S/C10H5N/c1-4-9(5-2)10(6-3)7-8-11/h1-3H,11H2. The van der Waals surface area contributed by atoms with E-state index in [0.29, 0.717) is 0 Å². The number of hydrogen-bond acceptors (Lipinski definition) is 1. The van der Waals surface area contributed by atoms with Crippen molar-refractivity contribution in [2.75, 3.05) is 0 Å². The van der Waals surface area contributed by atoms with E-state index in [1.54, 1.807) is 0 Å². The Bertz CT molecular complexity index is 337. The SMILES string of the molecule is C#CC(C#C)=C(C#C)C#CN. The van der Waals surface area contributed by atoms with Gasteiger partial charge in [-0.05, 0) is 5.92 Å². The maximum Gasteiger partial charge on any atom is 0.100 e. The molecule has 1 heteroatoms. The van der Waals surface area contributed by atoms with Crippen LogP contribution in [0.1, 0.15) is 0 Å². The first kappa shape index (κ1) is 8.78. The fraction of sp³-hybridized carbons (Fsp3) is 0. The molecule has 0 aromatic rings. The van der Waals surface area contributed by atoms with Crippen LogP contribution in [0.25, 0.3) is 0 Å². The summed E-state index contributed by atoms with van der Waals surface area (Å²) in [6, 6.07) is 2.13. The zero-order valence-electron chi connectivity index (χ0n) is 5.81. The molecule has 0 radical (unpaired) electrons. The second kappa shape index (κ2) is 4.64. The highest BCUT2D eigenvalue weighted by atomic mass is 14.5. The quantitative estimate of drug-likeness (QED) is 0.374. The van der Waals surface area contributed by atoms with Crippen molar-refractivity contribution in [3.05, 3.63) is 11.1 Å². The summed E-state index contributed by atoms with van der Waals surface area (Å²) in [5.74, 6) is 9.13. The number of allylic oxidation sites excluding steroid dienone is 2. The van der Waals surface area contributed by atoms with Gasteiger partial charge >= 0.3 is 0 Å². The van der Waals surface area contributed by atoms with Gasteiger partial charge in [0.15, 0.2) is 0 Å². The molecule has 0 amide bonds. The Labute approximate surface area is 66.7 Å². The molecule has 1 nitrogen and oxygen atoms in total. The molecule has 0 bridgehead atoms. The molecular weight excluding hydrogens is 134 g/mol. The second-order valence-electron chi connectivity index (χ2n) is 1.45. The Morgan fingerprint density at radius 1 is 0.909 bits per heavy atom. The van der Waals surface area contributed by atoms with Crippen LogP contribution in [-0.4, -0.2) is 0 Å². The Morgan fingerprint density at radius 3 is 1.64 bits per heavy atom. The third-order valence-corrected chi connectivity index (χ3v) is 0.880. The Morgan fingerprint density at radius 2 is 1.36 bits per heavy atom. The topological polar surface area (TPSA) is 26.0 Å². The zero-order valence-corrected chi connectivity index (χ0v) is 5.81. The minimum atomic E-state index is 0.255. The van der Waals surface area contributed by atoms with E-state index in [0.717, 1.165) is 0 Å². The van der Waals surface area contributed by atoms with Gasteiger partial charge < -0.3 is 5.73 Å². The summed E-state index contributed by atoms with van der Waals surface area (Å²) < 4.78 is 0. The van der Waals surface area contributed by atoms with Crippen molar-refractivity contribution in [1.82, 2.24) is 0 Å². The molecule has 11 heavy (non-hydrogen) atoms. The fourth-order valence-corrected chi connectivity index (χ4v) is 0.429. The first-order valence-electron chi connectivity index (χ1n) is 2.65. The summed E-state index contributed by atoms with van der Waals surface area (Å²) in [6.07, 6.45) is 15.1. The monoisotopic (exact) mass is 139 g/mol. The van der Waals surface area contributed by atoms with Crippen molar-refractivity contribution >= 4 is 0 Å². The maximum absolute atomic E-state index is 5.05. The first-order valence-corrected chi connectivity index (χ1v) is 2.65. The maximum atomic E-state index is 5.05. The van der Waals surface area contributed by atoms with Gasteiger partial charge in [0.1, 0.15) is 5.57 Å². The molecule has 0 saturated heterocycles. The molecule has 0 fully saturated rings. The smallest absolute Gasteiger partial charge is 0.100 e. The van der Waals surface area contributed by atoms with E-state index in [2.05, 4.69) is 29.7 Å². The molecule has 0 unspecified atom stereocenters. The van der Waals surface area contributed by atoms with E-state index in [4.69, 9.17) is 25.0 Å². The van der Waals surface area contributed by atoms with Gasteiger partial charge in [-0.2, -0.15) is 0 Å². The number of rotatable bonds is 0. The van der Waals surface area contributed by atoms with Crippen LogP contribution in [0.15, 0.2) is 11.1 Å². The summed E-state index contributed by atoms with van der Waals surface area (Å²) in [4.78, 5) is 0. The second-order valence-corrected chi connectivity index (χ2v) is 1.45. The van der Waals surface area contributed by atoms with Crippen LogP contribution in [0.5, 0.6) is 0 Å². The Kier molecular flexibility index (Phi) is 3.70. The first-order chi connectivity index (χ1) is 5.29. The van der Waals surface area contributed by atoms with Gasteiger partial charge in [0.25, 0.3) is 0 Å². The highest BCUT2D eigenvalue weighted by Crippen LogP contribution is 1.98. The van der Waals surface area contributed by atoms with Crippen LogP contribution < -0.4 is 5.73 Å². The Balaban J connectivity index is 5.19. The lowest BCUT2D eigenvalue weighted by atomic mass is 10.1. The third-order valence-electron chi connectivity index (χ3n) is 0.880. The van der Waals surface area contributed by atoms with Gasteiger partial charge in [0, 0.05) is 6.04 Å². The summed E-state index contributed by atoms with van der Waals surface area (Å²) in [5, 5.41) is 0. The van der Waals surface area contributed by atoms with E-state index >= 15 is 0 Å². The average Bonchev–Trinajstić information content (AvgIpc) is 2.05. The van der Waals surface area contributed by atoms with Crippen LogP contribution in [0.2, 0.25) is 0 Å². The van der Waals surface area contributed by atoms with Gasteiger partial charge in [-0.1, -0.05) is 17.8 Å². The molecule has 0 aliphatic heterocycles. The average molecular weight is 139 g/mol. The van der Waals surface area contributed by atoms with E-state index in [1.165, 1.54) is 0 Å². The van der Waals surface area contributed by atoms with Crippen molar-refractivity contribution in [3.63, 3.8) is 0 Å². The van der Waals surface area contributed by atoms with Crippen LogP contribution in [0.4, 0.5) is 0 Å². The minimum absolute atomic E-state index is 0.255. The van der Waals surface area contributed by atoms with Crippen molar-refractivity contribution < 1.29 is 0 Å². The molecule has 0 spiro atoms. The van der Waals surface area contributed by atoms with Crippen LogP contribution >= 0.6 is 0 Å². The number of hydrogen-bond donors (Lipinski definition) is 1. The van der Waals surface area contributed by atoms with Crippen LogP contribution in [-0.2, 0) is 0 Å². The normalized spacial score (nSPS) is 5.55. The van der Waals surface area contributed by atoms with Crippen LogP contribution in [0, 0.1) is 49.0 Å². The molecule has 50 valence electrons. The molecule has 0 aromatic carbocycles. The molecule has 0 atom stereocenters. The lowest BCUT2D eigenvalue weighted by molar-refractivity contribution is 1.70. The molecule has 0 saturated carbocycles. The molecule has 0 heterocycles. The summed E-state index contributed by atoms with van der Waals surface area (Å²) in [5.41, 5.74) is 5.45. The van der Waals surface area contributed by atoms with E-state index in [9.17, 15) is 0 Å². The highest BCUT2D eigenvalue weighted by molar-refractivity contribution is 5.58. The van der Waals surface area contributed by atoms with Crippen molar-refractivity contribution in [1.29, 1.82) is 0 Å². The number of nitrogens with two attached hydrogens (primary N) is 1. The van der Waals surface area contributed by atoms with Gasteiger partial charge in [0.2, 0.25) is 0 Å². The van der Waals surface area contributed by atoms with Crippen molar-refractivity contribution in [3.8, 4) is 49.0 Å². The predicted octanol–water partition coefficient (Wildman–Crippen LogP) is 0.102. The van der Waals surface area contributed by atoms with E-state index < -0.39 is 0 Å². The molecule has 0 rings (SSSR count). The third kappa shape index (κ3) is 2.24. The van der Waals surface area contributed by atoms with Crippen molar-refractivity contribution in [2.45, 2.75) is 0 Å². The van der Waals surface area contributed by atoms with E-state index in [1.807, 2.05) is 0 Å².